The number of aromatic nitrogens is 1. The fourth-order valence-corrected chi connectivity index (χ4v) is 2.27. The van der Waals surface area contributed by atoms with E-state index in [1.165, 1.54) is 24.0 Å². The highest BCUT2D eigenvalue weighted by atomic mass is 16.5. The van der Waals surface area contributed by atoms with Gasteiger partial charge in [-0.3, -0.25) is 14.3 Å². The number of ether oxygens (including phenoxy) is 2. The molecule has 1 aromatic heterocycles. The first-order valence-electron chi connectivity index (χ1n) is 5.67. The Bertz CT molecular complexity index is 554. The lowest BCUT2D eigenvalue weighted by atomic mass is 10.2. The highest BCUT2D eigenvalue weighted by Crippen LogP contribution is 2.21. The van der Waals surface area contributed by atoms with Crippen molar-refractivity contribution in [2.24, 2.45) is 0 Å². The molecule has 1 aromatic rings. The van der Waals surface area contributed by atoms with Gasteiger partial charge in [-0.25, -0.2) is 0 Å². The van der Waals surface area contributed by atoms with E-state index in [1.807, 2.05) is 0 Å². The molecule has 2 aliphatic heterocycles. The average molecular weight is 251 g/mol. The van der Waals surface area contributed by atoms with Crippen LogP contribution >= 0.6 is 0 Å². The summed E-state index contributed by atoms with van der Waals surface area (Å²) < 4.78 is 11.9. The van der Waals surface area contributed by atoms with Crippen molar-refractivity contribution < 1.29 is 14.3 Å². The molecule has 1 fully saturated rings. The standard InChI is InChI=1S/C11H13N3O4/c1-17-10-7(15)2-3-14-9(10)11(16)13-4-5-18-6-8(13)12-14/h2-3,8,12H,4-6H2,1H3/t8-/m0/s1. The van der Waals surface area contributed by atoms with Gasteiger partial charge < -0.3 is 19.8 Å². The van der Waals surface area contributed by atoms with Gasteiger partial charge >= 0.3 is 0 Å². The van der Waals surface area contributed by atoms with E-state index in [1.54, 1.807) is 4.90 Å². The van der Waals surface area contributed by atoms with Gasteiger partial charge in [0.15, 0.2) is 11.4 Å². The Labute approximate surface area is 103 Å². The third kappa shape index (κ3) is 1.47. The first-order chi connectivity index (χ1) is 8.72. The number of morpholine rings is 1. The fraction of sp³-hybridized carbons (Fsp3) is 0.455. The molecule has 1 saturated heterocycles. The molecule has 1 atom stereocenters. The molecule has 96 valence electrons. The van der Waals surface area contributed by atoms with Crippen molar-refractivity contribution in [3.63, 3.8) is 0 Å². The highest BCUT2D eigenvalue weighted by molar-refractivity contribution is 5.96. The third-order valence-electron chi connectivity index (χ3n) is 3.14. The van der Waals surface area contributed by atoms with Crippen LogP contribution in [0.25, 0.3) is 0 Å². The Hall–Kier alpha value is -2.02. The SMILES string of the molecule is COc1c2n(ccc1=O)N[C@@H]1COCCN1C2=O. The van der Waals surface area contributed by atoms with Gasteiger partial charge in [-0.1, -0.05) is 0 Å². The first kappa shape index (κ1) is 11.1. The summed E-state index contributed by atoms with van der Waals surface area (Å²) in [6.45, 7) is 1.44. The first-order valence-corrected chi connectivity index (χ1v) is 5.67. The fourth-order valence-electron chi connectivity index (χ4n) is 2.27. The number of amides is 1. The molecule has 0 bridgehead atoms. The minimum Gasteiger partial charge on any atom is -0.491 e. The lowest BCUT2D eigenvalue weighted by molar-refractivity contribution is -0.00315. The molecule has 0 radical (unpaired) electrons. The molecule has 1 N–H and O–H groups in total. The molecular formula is C11H13N3O4. The van der Waals surface area contributed by atoms with E-state index >= 15 is 0 Å². The summed E-state index contributed by atoms with van der Waals surface area (Å²) in [5, 5.41) is 0. The Balaban J connectivity index is 2.13. The van der Waals surface area contributed by atoms with Crippen LogP contribution in [0, 0.1) is 0 Å². The number of pyridine rings is 1. The maximum absolute atomic E-state index is 12.4. The highest BCUT2D eigenvalue weighted by Gasteiger charge is 2.36. The second-order valence-corrected chi connectivity index (χ2v) is 4.15. The third-order valence-corrected chi connectivity index (χ3v) is 3.14. The van der Waals surface area contributed by atoms with Crippen molar-refractivity contribution in [3.05, 3.63) is 28.2 Å². The van der Waals surface area contributed by atoms with Gasteiger partial charge in [-0.15, -0.1) is 0 Å². The Morgan fingerprint density at radius 1 is 1.50 bits per heavy atom. The van der Waals surface area contributed by atoms with Crippen LogP contribution in [0.2, 0.25) is 0 Å². The van der Waals surface area contributed by atoms with Gasteiger partial charge in [0, 0.05) is 18.8 Å². The maximum Gasteiger partial charge on any atom is 0.278 e. The predicted octanol–water partition coefficient (Wildman–Crippen LogP) is -0.787. The van der Waals surface area contributed by atoms with Crippen LogP contribution in [-0.4, -0.2) is 48.5 Å². The molecule has 1 amide bonds. The Morgan fingerprint density at radius 2 is 2.33 bits per heavy atom. The van der Waals surface area contributed by atoms with Crippen molar-refractivity contribution in [3.8, 4) is 5.75 Å². The van der Waals surface area contributed by atoms with Crippen molar-refractivity contribution in [2.75, 3.05) is 32.3 Å². The molecule has 7 heteroatoms. The number of hydrogen-bond donors (Lipinski definition) is 1. The van der Waals surface area contributed by atoms with E-state index < -0.39 is 0 Å². The zero-order valence-electron chi connectivity index (χ0n) is 9.88. The summed E-state index contributed by atoms with van der Waals surface area (Å²) >= 11 is 0. The predicted molar refractivity (Wildman–Crippen MR) is 62.3 cm³/mol. The van der Waals surface area contributed by atoms with Crippen LogP contribution in [0.3, 0.4) is 0 Å². The Kier molecular flexibility index (Phi) is 2.48. The van der Waals surface area contributed by atoms with Crippen molar-refractivity contribution >= 4 is 5.91 Å². The van der Waals surface area contributed by atoms with E-state index in [9.17, 15) is 9.59 Å². The number of carbonyl (C=O) groups is 1. The van der Waals surface area contributed by atoms with E-state index in [0.717, 1.165) is 0 Å². The molecule has 0 saturated carbocycles. The van der Waals surface area contributed by atoms with E-state index in [-0.39, 0.29) is 28.9 Å². The average Bonchev–Trinajstić information content (AvgIpc) is 2.40. The van der Waals surface area contributed by atoms with Gasteiger partial charge in [-0.05, 0) is 0 Å². The summed E-state index contributed by atoms with van der Waals surface area (Å²) in [5.74, 6) is -0.142. The van der Waals surface area contributed by atoms with Crippen molar-refractivity contribution in [2.45, 2.75) is 6.17 Å². The van der Waals surface area contributed by atoms with E-state index in [0.29, 0.717) is 19.8 Å². The summed E-state index contributed by atoms with van der Waals surface area (Å²) in [6.07, 6.45) is 1.33. The van der Waals surface area contributed by atoms with E-state index in [4.69, 9.17) is 9.47 Å². The number of hydrogen-bond acceptors (Lipinski definition) is 5. The maximum atomic E-state index is 12.4. The molecule has 0 unspecified atom stereocenters. The van der Waals surface area contributed by atoms with Crippen molar-refractivity contribution in [1.82, 2.24) is 9.58 Å². The second kappa shape index (κ2) is 4.02. The summed E-state index contributed by atoms with van der Waals surface area (Å²) in [6, 6.07) is 1.36. The van der Waals surface area contributed by atoms with Crippen LogP contribution in [0.15, 0.2) is 17.1 Å². The zero-order valence-corrected chi connectivity index (χ0v) is 9.88. The van der Waals surface area contributed by atoms with E-state index in [2.05, 4.69) is 5.43 Å². The van der Waals surface area contributed by atoms with Crippen LogP contribution in [0.5, 0.6) is 5.75 Å². The summed E-state index contributed by atoms with van der Waals surface area (Å²) in [7, 11) is 1.39. The minimum absolute atomic E-state index is 0.0694. The number of rotatable bonds is 1. The largest absolute Gasteiger partial charge is 0.491 e. The second-order valence-electron chi connectivity index (χ2n) is 4.15. The molecular weight excluding hydrogens is 238 g/mol. The lowest BCUT2D eigenvalue weighted by Gasteiger charge is -2.41. The van der Waals surface area contributed by atoms with Crippen LogP contribution < -0.4 is 15.6 Å². The smallest absolute Gasteiger partial charge is 0.278 e. The number of methoxy groups -OCH3 is 1. The normalized spacial score (nSPS) is 21.9. The van der Waals surface area contributed by atoms with Gasteiger partial charge in [0.2, 0.25) is 5.43 Å². The molecule has 0 aromatic carbocycles. The lowest BCUT2D eigenvalue weighted by Crippen LogP contribution is -2.59. The molecule has 18 heavy (non-hydrogen) atoms. The molecule has 3 heterocycles. The molecule has 2 aliphatic rings. The van der Waals surface area contributed by atoms with Crippen LogP contribution in [0.4, 0.5) is 0 Å². The van der Waals surface area contributed by atoms with Crippen LogP contribution in [-0.2, 0) is 4.74 Å². The monoisotopic (exact) mass is 251 g/mol. The summed E-state index contributed by atoms with van der Waals surface area (Å²) in [4.78, 5) is 25.7. The van der Waals surface area contributed by atoms with Crippen LogP contribution in [0.1, 0.15) is 10.5 Å². The number of carbonyl (C=O) groups excluding carboxylic acids is 1. The topological polar surface area (TPSA) is 72.8 Å². The van der Waals surface area contributed by atoms with Gasteiger partial charge in [0.05, 0.1) is 20.3 Å². The molecule has 0 spiro atoms. The zero-order chi connectivity index (χ0) is 12.7. The van der Waals surface area contributed by atoms with Crippen molar-refractivity contribution in [1.29, 1.82) is 0 Å². The minimum atomic E-state index is -0.300. The van der Waals surface area contributed by atoms with Gasteiger partial charge in [-0.2, -0.15) is 0 Å². The number of nitrogens with one attached hydrogen (secondary N) is 1. The molecule has 3 rings (SSSR count). The summed E-state index contributed by atoms with van der Waals surface area (Å²) in [5.41, 5.74) is 3.05. The van der Waals surface area contributed by atoms with Gasteiger partial charge in [0.25, 0.3) is 5.91 Å². The quantitative estimate of drug-likeness (QED) is 0.708. The van der Waals surface area contributed by atoms with Gasteiger partial charge in [0.1, 0.15) is 6.17 Å². The number of fused-ring (bicyclic) bond motifs is 2. The molecule has 0 aliphatic carbocycles. The Morgan fingerprint density at radius 3 is 3.11 bits per heavy atom. The molecule has 7 nitrogen and oxygen atoms in total. The number of nitrogens with zero attached hydrogens (tertiary/aromatic N) is 2.